The molecule has 0 spiro atoms. The van der Waals surface area contributed by atoms with Crippen LogP contribution in [-0.4, -0.2) is 24.0 Å². The van der Waals surface area contributed by atoms with Crippen molar-refractivity contribution in [3.8, 4) is 0 Å². The van der Waals surface area contributed by atoms with Gasteiger partial charge in [-0.25, -0.2) is 4.98 Å². The lowest BCUT2D eigenvalue weighted by Gasteiger charge is -2.18. The summed E-state index contributed by atoms with van der Waals surface area (Å²) in [5.74, 6) is 1.24. The predicted octanol–water partition coefficient (Wildman–Crippen LogP) is 4.75. The normalized spacial score (nSPS) is 17.3. The molecule has 5 heteroatoms. The first-order valence-electron chi connectivity index (χ1n) is 9.05. The molecule has 0 aliphatic carbocycles. The van der Waals surface area contributed by atoms with Crippen LogP contribution in [-0.2, 0) is 6.42 Å². The number of aromatic nitrogens is 1. The van der Waals surface area contributed by atoms with Crippen molar-refractivity contribution in [2.75, 3.05) is 23.3 Å². The molecule has 4 nitrogen and oxygen atoms in total. The summed E-state index contributed by atoms with van der Waals surface area (Å²) < 4.78 is 0. The molecule has 0 radical (unpaired) electrons. The van der Waals surface area contributed by atoms with E-state index in [0.29, 0.717) is 10.8 Å². The van der Waals surface area contributed by atoms with Gasteiger partial charge in [0.05, 0.1) is 10.7 Å². The molecule has 1 aliphatic heterocycles. The minimum Gasteiger partial charge on any atom is -0.371 e. The van der Waals surface area contributed by atoms with Gasteiger partial charge in [0.15, 0.2) is 0 Å². The van der Waals surface area contributed by atoms with E-state index in [0.717, 1.165) is 41.8 Å². The van der Waals surface area contributed by atoms with Gasteiger partial charge in [-0.2, -0.15) is 0 Å². The Morgan fingerprint density at radius 3 is 2.68 bits per heavy atom. The van der Waals surface area contributed by atoms with Crippen LogP contribution < -0.4 is 10.2 Å². The standard InChI is InChI=1S/C20H27N3OS/c1-13(2)11-18-21-15(4)19(25-18)20(24)22-16-5-7-17(8-6-16)23-10-9-14(3)12-23/h5-8,13-14H,9-12H2,1-4H3,(H,22,24). The molecule has 3 rings (SSSR count). The molecule has 0 bridgehead atoms. The highest BCUT2D eigenvalue weighted by atomic mass is 32.1. The van der Waals surface area contributed by atoms with Crippen LogP contribution in [0.15, 0.2) is 24.3 Å². The molecule has 1 N–H and O–H groups in total. The SMILES string of the molecule is Cc1nc(CC(C)C)sc1C(=O)Nc1ccc(N2CCC(C)C2)cc1. The second-order valence-electron chi connectivity index (χ2n) is 7.46. The third kappa shape index (κ3) is 4.40. The van der Waals surface area contributed by atoms with Crippen LogP contribution in [0, 0.1) is 18.8 Å². The van der Waals surface area contributed by atoms with Gasteiger partial charge >= 0.3 is 0 Å². The van der Waals surface area contributed by atoms with Crippen LogP contribution in [0.1, 0.15) is 47.6 Å². The summed E-state index contributed by atoms with van der Waals surface area (Å²) in [7, 11) is 0. The van der Waals surface area contributed by atoms with Crippen LogP contribution in [0.5, 0.6) is 0 Å². The van der Waals surface area contributed by atoms with Gasteiger partial charge in [0, 0.05) is 30.9 Å². The summed E-state index contributed by atoms with van der Waals surface area (Å²) >= 11 is 1.51. The number of amides is 1. The quantitative estimate of drug-likeness (QED) is 0.840. The van der Waals surface area contributed by atoms with Crippen molar-refractivity contribution in [3.63, 3.8) is 0 Å². The van der Waals surface area contributed by atoms with Crippen molar-refractivity contribution in [3.05, 3.63) is 39.8 Å². The van der Waals surface area contributed by atoms with E-state index in [1.54, 1.807) is 0 Å². The first-order valence-corrected chi connectivity index (χ1v) is 9.86. The van der Waals surface area contributed by atoms with Gasteiger partial charge < -0.3 is 10.2 Å². The molecule has 2 aromatic rings. The van der Waals surface area contributed by atoms with Crippen molar-refractivity contribution < 1.29 is 4.79 Å². The first kappa shape index (κ1) is 17.9. The Bertz CT molecular complexity index is 736. The highest BCUT2D eigenvalue weighted by Crippen LogP contribution is 2.26. The number of hydrogen-bond acceptors (Lipinski definition) is 4. The zero-order valence-electron chi connectivity index (χ0n) is 15.5. The Morgan fingerprint density at radius 2 is 2.08 bits per heavy atom. The van der Waals surface area contributed by atoms with Crippen LogP contribution in [0.4, 0.5) is 11.4 Å². The molecule has 1 aromatic carbocycles. The largest absolute Gasteiger partial charge is 0.371 e. The molecule has 1 fully saturated rings. The van der Waals surface area contributed by atoms with E-state index < -0.39 is 0 Å². The number of carbonyl (C=O) groups excluding carboxylic acids is 1. The topological polar surface area (TPSA) is 45.2 Å². The molecule has 1 aromatic heterocycles. The smallest absolute Gasteiger partial charge is 0.267 e. The van der Waals surface area contributed by atoms with Gasteiger partial charge in [-0.15, -0.1) is 11.3 Å². The third-order valence-corrected chi connectivity index (χ3v) is 5.72. The average molecular weight is 358 g/mol. The summed E-state index contributed by atoms with van der Waals surface area (Å²) in [6.07, 6.45) is 2.17. The predicted molar refractivity (Wildman–Crippen MR) is 106 cm³/mol. The Labute approximate surface area is 154 Å². The van der Waals surface area contributed by atoms with E-state index in [2.05, 4.69) is 48.1 Å². The number of nitrogens with one attached hydrogen (secondary N) is 1. The van der Waals surface area contributed by atoms with E-state index in [1.165, 1.54) is 23.4 Å². The fraction of sp³-hybridized carbons (Fsp3) is 0.500. The molecule has 2 heterocycles. The van der Waals surface area contributed by atoms with Gasteiger partial charge in [0.1, 0.15) is 4.88 Å². The fourth-order valence-corrected chi connectivity index (χ4v) is 4.38. The highest BCUT2D eigenvalue weighted by molar-refractivity contribution is 7.13. The van der Waals surface area contributed by atoms with Crippen molar-refractivity contribution >= 4 is 28.6 Å². The molecule has 0 saturated carbocycles. The molecule has 1 amide bonds. The third-order valence-electron chi connectivity index (χ3n) is 4.54. The van der Waals surface area contributed by atoms with Gasteiger partial charge in [0.2, 0.25) is 0 Å². The van der Waals surface area contributed by atoms with Gasteiger partial charge in [-0.1, -0.05) is 20.8 Å². The molecule has 1 atom stereocenters. The maximum atomic E-state index is 12.6. The zero-order valence-corrected chi connectivity index (χ0v) is 16.3. The lowest BCUT2D eigenvalue weighted by atomic mass is 10.1. The van der Waals surface area contributed by atoms with E-state index >= 15 is 0 Å². The molecule has 1 unspecified atom stereocenters. The molecule has 1 aliphatic rings. The number of carbonyl (C=O) groups is 1. The number of benzene rings is 1. The first-order chi connectivity index (χ1) is 11.9. The second kappa shape index (κ2) is 7.56. The van der Waals surface area contributed by atoms with Gasteiger partial charge in [-0.3, -0.25) is 4.79 Å². The summed E-state index contributed by atoms with van der Waals surface area (Å²) in [5.41, 5.74) is 2.88. The molecule has 134 valence electrons. The van der Waals surface area contributed by atoms with Crippen molar-refractivity contribution in [2.45, 2.75) is 40.5 Å². The maximum absolute atomic E-state index is 12.6. The lowest BCUT2D eigenvalue weighted by Crippen LogP contribution is -2.19. The van der Waals surface area contributed by atoms with Crippen LogP contribution in [0.2, 0.25) is 0 Å². The molecule has 25 heavy (non-hydrogen) atoms. The Kier molecular flexibility index (Phi) is 5.42. The van der Waals surface area contributed by atoms with Crippen molar-refractivity contribution in [1.82, 2.24) is 4.98 Å². The number of hydrogen-bond donors (Lipinski definition) is 1. The van der Waals surface area contributed by atoms with Crippen LogP contribution in [0.25, 0.3) is 0 Å². The summed E-state index contributed by atoms with van der Waals surface area (Å²) in [5, 5.41) is 4.04. The highest BCUT2D eigenvalue weighted by Gasteiger charge is 2.19. The minimum atomic E-state index is -0.0625. The Morgan fingerprint density at radius 1 is 1.36 bits per heavy atom. The maximum Gasteiger partial charge on any atom is 0.267 e. The number of aryl methyl sites for hydroxylation is 1. The van der Waals surface area contributed by atoms with Gasteiger partial charge in [0.25, 0.3) is 5.91 Å². The molecule has 1 saturated heterocycles. The van der Waals surface area contributed by atoms with Crippen LogP contribution in [0.3, 0.4) is 0 Å². The van der Waals surface area contributed by atoms with E-state index in [-0.39, 0.29) is 5.91 Å². The Hall–Kier alpha value is -1.88. The average Bonchev–Trinajstić information content (AvgIpc) is 3.13. The molecular weight excluding hydrogens is 330 g/mol. The second-order valence-corrected chi connectivity index (χ2v) is 8.54. The fourth-order valence-electron chi connectivity index (χ4n) is 3.21. The van der Waals surface area contributed by atoms with Gasteiger partial charge in [-0.05, 0) is 49.4 Å². The number of rotatable bonds is 5. The monoisotopic (exact) mass is 357 g/mol. The van der Waals surface area contributed by atoms with Crippen molar-refractivity contribution in [1.29, 1.82) is 0 Å². The summed E-state index contributed by atoms with van der Waals surface area (Å²) in [6.45, 7) is 10.8. The summed E-state index contributed by atoms with van der Waals surface area (Å²) in [4.78, 5) is 20.2. The number of anilines is 2. The Balaban J connectivity index is 1.66. The minimum absolute atomic E-state index is 0.0625. The van der Waals surface area contributed by atoms with E-state index in [9.17, 15) is 4.79 Å². The number of thiazole rings is 1. The zero-order chi connectivity index (χ0) is 18.0. The van der Waals surface area contributed by atoms with Crippen molar-refractivity contribution in [2.24, 2.45) is 11.8 Å². The lowest BCUT2D eigenvalue weighted by molar-refractivity contribution is 0.103. The van der Waals surface area contributed by atoms with E-state index in [1.807, 2.05) is 19.1 Å². The van der Waals surface area contributed by atoms with E-state index in [4.69, 9.17) is 0 Å². The summed E-state index contributed by atoms with van der Waals surface area (Å²) in [6, 6.07) is 8.16. The number of nitrogens with zero attached hydrogens (tertiary/aromatic N) is 2. The molecular formula is C20H27N3OS. The van der Waals surface area contributed by atoms with Crippen LogP contribution >= 0.6 is 11.3 Å².